The number of rotatable bonds is 3. The molecule has 0 amide bonds. The second-order valence-corrected chi connectivity index (χ2v) is 5.83. The summed E-state index contributed by atoms with van der Waals surface area (Å²) in [7, 11) is 1.69. The van der Waals surface area contributed by atoms with Gasteiger partial charge in [0.2, 0.25) is 0 Å². The summed E-state index contributed by atoms with van der Waals surface area (Å²) < 4.78 is 5.29. The minimum atomic E-state index is 0.217. The van der Waals surface area contributed by atoms with Crippen molar-refractivity contribution in [2.24, 2.45) is 0 Å². The quantitative estimate of drug-likeness (QED) is 0.586. The molecule has 3 heteroatoms. The van der Waals surface area contributed by atoms with Gasteiger partial charge in [0.25, 0.3) is 0 Å². The molecule has 23 heavy (non-hydrogen) atoms. The van der Waals surface area contributed by atoms with Crippen LogP contribution in [-0.4, -0.2) is 17.1 Å². The van der Waals surface area contributed by atoms with E-state index in [1.54, 1.807) is 7.11 Å². The monoisotopic (exact) mass is 302 g/mol. The van der Waals surface area contributed by atoms with Crippen molar-refractivity contribution >= 4 is 21.8 Å². The zero-order chi connectivity index (χ0) is 15.8. The van der Waals surface area contributed by atoms with Crippen LogP contribution in [0.2, 0.25) is 0 Å². The fourth-order valence-corrected chi connectivity index (χ4v) is 2.97. The molecule has 0 radical (unpaired) electrons. The molecule has 0 aliphatic carbocycles. The lowest BCUT2D eigenvalue weighted by Crippen LogP contribution is -1.98. The zero-order valence-corrected chi connectivity index (χ0v) is 13.2. The van der Waals surface area contributed by atoms with Crippen LogP contribution in [0.1, 0.15) is 24.2 Å². The Morgan fingerprint density at radius 3 is 2.57 bits per heavy atom. The van der Waals surface area contributed by atoms with Gasteiger partial charge in [-0.3, -0.25) is 0 Å². The fourth-order valence-electron chi connectivity index (χ4n) is 2.97. The van der Waals surface area contributed by atoms with Crippen molar-refractivity contribution < 1.29 is 4.74 Å². The normalized spacial score (nSPS) is 12.6. The van der Waals surface area contributed by atoms with Crippen molar-refractivity contribution in [2.45, 2.75) is 12.8 Å². The molecular weight excluding hydrogens is 284 g/mol. The Kier molecular flexibility index (Phi) is 3.27. The molecule has 3 aromatic carbocycles. The minimum Gasteiger partial charge on any atom is -0.497 e. The van der Waals surface area contributed by atoms with Crippen LogP contribution in [0.5, 0.6) is 5.75 Å². The highest BCUT2D eigenvalue weighted by atomic mass is 16.5. The summed E-state index contributed by atoms with van der Waals surface area (Å²) in [5.41, 5.74) is 3.35. The SMILES string of the molecule is COc1ccc2cc(C(C)c3nc4ccccc4[nH]3)ccc2c1. The number of para-hydroxylation sites is 2. The Bertz CT molecular complexity index is 954. The molecule has 4 rings (SSSR count). The first-order valence-corrected chi connectivity index (χ1v) is 7.77. The van der Waals surface area contributed by atoms with Gasteiger partial charge in [0.05, 0.1) is 18.1 Å². The van der Waals surface area contributed by atoms with E-state index in [1.807, 2.05) is 24.3 Å². The van der Waals surface area contributed by atoms with E-state index in [-0.39, 0.29) is 5.92 Å². The molecule has 0 bridgehead atoms. The van der Waals surface area contributed by atoms with Gasteiger partial charge in [0, 0.05) is 5.92 Å². The number of hydrogen-bond acceptors (Lipinski definition) is 2. The van der Waals surface area contributed by atoms with Gasteiger partial charge < -0.3 is 9.72 Å². The zero-order valence-electron chi connectivity index (χ0n) is 13.2. The Labute approximate surface area is 134 Å². The molecule has 0 fully saturated rings. The van der Waals surface area contributed by atoms with E-state index in [9.17, 15) is 0 Å². The van der Waals surface area contributed by atoms with Crippen LogP contribution >= 0.6 is 0 Å². The number of hydrogen-bond donors (Lipinski definition) is 1. The standard InChI is InChI=1S/C20H18N2O/c1-13(20-21-18-5-3-4-6-19(18)22-20)14-7-8-16-12-17(23-2)10-9-15(16)11-14/h3-13H,1-2H3,(H,21,22). The summed E-state index contributed by atoms with van der Waals surface area (Å²) in [6.07, 6.45) is 0. The molecule has 1 atom stereocenters. The summed E-state index contributed by atoms with van der Waals surface area (Å²) in [6, 6.07) is 20.8. The van der Waals surface area contributed by atoms with Crippen LogP contribution < -0.4 is 4.74 Å². The van der Waals surface area contributed by atoms with Crippen molar-refractivity contribution in [3.05, 3.63) is 72.1 Å². The predicted octanol–water partition coefficient (Wildman–Crippen LogP) is 4.88. The Morgan fingerprint density at radius 1 is 0.957 bits per heavy atom. The maximum atomic E-state index is 5.29. The topological polar surface area (TPSA) is 37.9 Å². The van der Waals surface area contributed by atoms with Gasteiger partial charge in [-0.1, -0.05) is 43.3 Å². The number of nitrogens with one attached hydrogen (secondary N) is 1. The van der Waals surface area contributed by atoms with Crippen molar-refractivity contribution in [3.63, 3.8) is 0 Å². The van der Waals surface area contributed by atoms with Gasteiger partial charge in [-0.05, 0) is 40.6 Å². The van der Waals surface area contributed by atoms with Gasteiger partial charge in [-0.2, -0.15) is 0 Å². The van der Waals surface area contributed by atoms with Crippen LogP contribution in [0.25, 0.3) is 21.8 Å². The summed E-state index contributed by atoms with van der Waals surface area (Å²) in [5.74, 6) is 2.10. The fraction of sp³-hybridized carbons (Fsp3) is 0.150. The minimum absolute atomic E-state index is 0.217. The smallest absolute Gasteiger partial charge is 0.119 e. The lowest BCUT2D eigenvalue weighted by molar-refractivity contribution is 0.415. The average molecular weight is 302 g/mol. The van der Waals surface area contributed by atoms with Gasteiger partial charge in [0.15, 0.2) is 0 Å². The van der Waals surface area contributed by atoms with E-state index in [4.69, 9.17) is 9.72 Å². The lowest BCUT2D eigenvalue weighted by atomic mass is 9.97. The van der Waals surface area contributed by atoms with Crippen LogP contribution in [0.15, 0.2) is 60.7 Å². The number of H-pyrrole nitrogens is 1. The molecule has 0 aliphatic rings. The van der Waals surface area contributed by atoms with Crippen LogP contribution in [-0.2, 0) is 0 Å². The Balaban J connectivity index is 1.75. The highest BCUT2D eigenvalue weighted by Crippen LogP contribution is 2.28. The van der Waals surface area contributed by atoms with E-state index in [0.29, 0.717) is 0 Å². The van der Waals surface area contributed by atoms with Crippen molar-refractivity contribution in [1.29, 1.82) is 0 Å². The largest absolute Gasteiger partial charge is 0.497 e. The molecule has 114 valence electrons. The summed E-state index contributed by atoms with van der Waals surface area (Å²) in [6.45, 7) is 2.18. The number of aromatic nitrogens is 2. The number of aromatic amines is 1. The first kappa shape index (κ1) is 13.8. The third-order valence-electron chi connectivity index (χ3n) is 4.39. The highest BCUT2D eigenvalue weighted by Gasteiger charge is 2.13. The van der Waals surface area contributed by atoms with Crippen molar-refractivity contribution in [2.75, 3.05) is 7.11 Å². The molecule has 1 N–H and O–H groups in total. The second-order valence-electron chi connectivity index (χ2n) is 5.83. The molecule has 0 saturated carbocycles. The molecule has 1 aromatic heterocycles. The van der Waals surface area contributed by atoms with Crippen molar-refractivity contribution in [1.82, 2.24) is 9.97 Å². The first-order valence-electron chi connectivity index (χ1n) is 7.77. The average Bonchev–Trinajstić information content (AvgIpc) is 3.04. The number of ether oxygens (including phenoxy) is 1. The maximum Gasteiger partial charge on any atom is 0.119 e. The van der Waals surface area contributed by atoms with Crippen LogP contribution in [0.4, 0.5) is 0 Å². The number of fused-ring (bicyclic) bond motifs is 2. The summed E-state index contributed by atoms with van der Waals surface area (Å²) >= 11 is 0. The number of benzene rings is 3. The maximum absolute atomic E-state index is 5.29. The number of methoxy groups -OCH3 is 1. The lowest BCUT2D eigenvalue weighted by Gasteiger charge is -2.11. The Hall–Kier alpha value is -2.81. The second kappa shape index (κ2) is 5.43. The van der Waals surface area contributed by atoms with Crippen LogP contribution in [0.3, 0.4) is 0 Å². The number of imidazole rings is 1. The molecule has 1 heterocycles. The van der Waals surface area contributed by atoms with Gasteiger partial charge in [-0.25, -0.2) is 4.98 Å². The molecule has 0 saturated heterocycles. The molecule has 1 unspecified atom stereocenters. The first-order chi connectivity index (χ1) is 11.2. The van der Waals surface area contributed by atoms with Gasteiger partial charge >= 0.3 is 0 Å². The van der Waals surface area contributed by atoms with E-state index in [0.717, 1.165) is 22.6 Å². The van der Waals surface area contributed by atoms with E-state index in [2.05, 4.69) is 48.3 Å². The molecule has 0 aliphatic heterocycles. The van der Waals surface area contributed by atoms with E-state index < -0.39 is 0 Å². The molecule has 0 spiro atoms. The predicted molar refractivity (Wildman–Crippen MR) is 94.1 cm³/mol. The van der Waals surface area contributed by atoms with Crippen molar-refractivity contribution in [3.8, 4) is 5.75 Å². The summed E-state index contributed by atoms with van der Waals surface area (Å²) in [5, 5.41) is 2.40. The van der Waals surface area contributed by atoms with Gasteiger partial charge in [0.1, 0.15) is 11.6 Å². The summed E-state index contributed by atoms with van der Waals surface area (Å²) in [4.78, 5) is 8.15. The third-order valence-corrected chi connectivity index (χ3v) is 4.39. The molecule has 3 nitrogen and oxygen atoms in total. The van der Waals surface area contributed by atoms with Crippen LogP contribution in [0, 0.1) is 0 Å². The molecular formula is C20H18N2O. The Morgan fingerprint density at radius 2 is 1.74 bits per heavy atom. The van der Waals surface area contributed by atoms with E-state index in [1.165, 1.54) is 16.3 Å². The number of nitrogens with zero attached hydrogens (tertiary/aromatic N) is 1. The van der Waals surface area contributed by atoms with E-state index >= 15 is 0 Å². The van der Waals surface area contributed by atoms with Gasteiger partial charge in [-0.15, -0.1) is 0 Å². The third kappa shape index (κ3) is 2.44. The molecule has 4 aromatic rings. The highest BCUT2D eigenvalue weighted by molar-refractivity contribution is 5.84.